The highest BCUT2D eigenvalue weighted by Crippen LogP contribution is 2.28. The highest BCUT2D eigenvalue weighted by atomic mass is 16.7. The summed E-state index contributed by atoms with van der Waals surface area (Å²) in [6.07, 6.45) is -5.26. The first-order valence-corrected chi connectivity index (χ1v) is 6.61. The molecule has 1 fully saturated rings. The number of aliphatic hydroxyl groups is 1. The zero-order valence-electron chi connectivity index (χ0n) is 12.7. The highest BCUT2D eigenvalue weighted by molar-refractivity contribution is 5.67. The zero-order chi connectivity index (χ0) is 17.6. The van der Waals surface area contributed by atoms with Crippen molar-refractivity contribution in [3.05, 3.63) is 10.4 Å². The molecule has 1 aliphatic heterocycles. The van der Waals surface area contributed by atoms with Crippen LogP contribution in [0, 0.1) is 0 Å². The Morgan fingerprint density at radius 3 is 2.17 bits per heavy atom. The van der Waals surface area contributed by atoms with E-state index >= 15 is 0 Å². The van der Waals surface area contributed by atoms with Gasteiger partial charge in [-0.2, -0.15) is 0 Å². The van der Waals surface area contributed by atoms with Gasteiger partial charge in [-0.3, -0.25) is 14.4 Å². The van der Waals surface area contributed by atoms with E-state index in [9.17, 15) is 19.5 Å². The fourth-order valence-corrected chi connectivity index (χ4v) is 2.08. The van der Waals surface area contributed by atoms with Crippen LogP contribution in [0.15, 0.2) is 5.11 Å². The molecule has 23 heavy (non-hydrogen) atoms. The van der Waals surface area contributed by atoms with Crippen LogP contribution in [0.1, 0.15) is 20.8 Å². The van der Waals surface area contributed by atoms with Gasteiger partial charge in [-0.05, 0) is 5.53 Å². The van der Waals surface area contributed by atoms with Gasteiger partial charge in [0.15, 0.2) is 18.5 Å². The zero-order valence-corrected chi connectivity index (χ0v) is 12.7. The van der Waals surface area contributed by atoms with Gasteiger partial charge in [0, 0.05) is 25.7 Å². The summed E-state index contributed by atoms with van der Waals surface area (Å²) in [6.45, 7) is 3.01. The van der Waals surface area contributed by atoms with E-state index in [0.29, 0.717) is 0 Å². The van der Waals surface area contributed by atoms with Gasteiger partial charge in [0.25, 0.3) is 0 Å². The third-order valence-electron chi connectivity index (χ3n) is 2.87. The fraction of sp³-hybridized carbons (Fsp3) is 0.750. The minimum Gasteiger partial charge on any atom is -0.463 e. The van der Waals surface area contributed by atoms with Gasteiger partial charge in [-0.15, -0.1) is 0 Å². The molecule has 11 heteroatoms. The van der Waals surface area contributed by atoms with Crippen LogP contribution in [0.3, 0.4) is 0 Å². The van der Waals surface area contributed by atoms with Crippen LogP contribution in [0.2, 0.25) is 0 Å². The molecule has 0 aromatic carbocycles. The quantitative estimate of drug-likeness (QED) is 0.239. The van der Waals surface area contributed by atoms with Crippen molar-refractivity contribution in [2.45, 2.75) is 51.4 Å². The van der Waals surface area contributed by atoms with Gasteiger partial charge in [-0.1, -0.05) is 5.11 Å². The smallest absolute Gasteiger partial charge is 0.303 e. The molecule has 0 aromatic rings. The summed E-state index contributed by atoms with van der Waals surface area (Å²) in [5.41, 5.74) is 8.57. The molecule has 1 heterocycles. The van der Waals surface area contributed by atoms with Crippen molar-refractivity contribution in [1.29, 1.82) is 0 Å². The number of esters is 3. The molecular formula is C12H17N3O8. The Hall–Kier alpha value is -2.36. The lowest BCUT2D eigenvalue weighted by Gasteiger charge is -2.41. The largest absolute Gasteiger partial charge is 0.463 e. The first kappa shape index (κ1) is 18.7. The lowest BCUT2D eigenvalue weighted by Crippen LogP contribution is -2.60. The Kier molecular flexibility index (Phi) is 6.76. The summed E-state index contributed by atoms with van der Waals surface area (Å²) in [5.74, 6) is -2.09. The molecule has 0 amide bonds. The van der Waals surface area contributed by atoms with Crippen molar-refractivity contribution >= 4 is 17.9 Å². The standard InChI is InChI=1S/C12H17N3O8/c1-5(16)20-4-8-10(21-6(2)17)11(22-7(3)18)9(14-15-13)12(19)23-8/h8-12,19H,4H2,1-3H3/t8-,9-,10-,11-,12?/m1/s1. The third-order valence-corrected chi connectivity index (χ3v) is 2.87. The minimum atomic E-state index is -1.64. The van der Waals surface area contributed by atoms with Crippen LogP contribution < -0.4 is 0 Å². The molecule has 1 saturated heterocycles. The first-order valence-electron chi connectivity index (χ1n) is 6.61. The van der Waals surface area contributed by atoms with Gasteiger partial charge in [0.2, 0.25) is 0 Å². The molecule has 128 valence electrons. The Balaban J connectivity index is 3.11. The van der Waals surface area contributed by atoms with Crippen molar-refractivity contribution in [3.63, 3.8) is 0 Å². The maximum atomic E-state index is 11.3. The molecule has 0 radical (unpaired) electrons. The molecule has 0 aromatic heterocycles. The highest BCUT2D eigenvalue weighted by Gasteiger charge is 2.49. The van der Waals surface area contributed by atoms with Gasteiger partial charge in [-0.25, -0.2) is 0 Å². The van der Waals surface area contributed by atoms with Gasteiger partial charge in [0.05, 0.1) is 0 Å². The van der Waals surface area contributed by atoms with Crippen molar-refractivity contribution in [2.75, 3.05) is 6.61 Å². The number of ether oxygens (including phenoxy) is 4. The van der Waals surface area contributed by atoms with Crippen LogP contribution in [0.4, 0.5) is 0 Å². The third kappa shape index (κ3) is 5.40. The Bertz CT molecular complexity index is 518. The van der Waals surface area contributed by atoms with Crippen LogP contribution >= 0.6 is 0 Å². The van der Waals surface area contributed by atoms with Crippen molar-refractivity contribution in [3.8, 4) is 0 Å². The average molecular weight is 331 g/mol. The molecule has 1 N–H and O–H groups in total. The summed E-state index contributed by atoms with van der Waals surface area (Å²) in [7, 11) is 0. The summed E-state index contributed by atoms with van der Waals surface area (Å²) >= 11 is 0. The van der Waals surface area contributed by atoms with E-state index in [-0.39, 0.29) is 6.61 Å². The number of hydrogen-bond donors (Lipinski definition) is 1. The van der Waals surface area contributed by atoms with Gasteiger partial charge in [0.1, 0.15) is 18.8 Å². The number of nitrogens with zero attached hydrogens (tertiary/aromatic N) is 3. The van der Waals surface area contributed by atoms with Crippen molar-refractivity contribution < 1.29 is 38.4 Å². The summed E-state index contributed by atoms with van der Waals surface area (Å²) in [4.78, 5) is 36.0. The van der Waals surface area contributed by atoms with Crippen LogP contribution in [-0.2, 0) is 33.3 Å². The lowest BCUT2D eigenvalue weighted by molar-refractivity contribution is -0.260. The fourth-order valence-electron chi connectivity index (χ4n) is 2.08. The summed E-state index contributed by atoms with van der Waals surface area (Å²) in [5, 5.41) is 13.2. The van der Waals surface area contributed by atoms with Crippen molar-refractivity contribution in [1.82, 2.24) is 0 Å². The molecule has 5 atom stereocenters. The predicted molar refractivity (Wildman–Crippen MR) is 71.6 cm³/mol. The molecule has 1 rings (SSSR count). The molecular weight excluding hydrogens is 314 g/mol. The van der Waals surface area contributed by atoms with Gasteiger partial charge >= 0.3 is 17.9 Å². The lowest BCUT2D eigenvalue weighted by atomic mass is 9.97. The topological polar surface area (TPSA) is 157 Å². The minimum absolute atomic E-state index is 0.356. The maximum absolute atomic E-state index is 11.3. The number of hydrogen-bond acceptors (Lipinski definition) is 9. The SMILES string of the molecule is CC(=O)OC[C@H]1OC(O)[C@H](N=[N+]=[N-])[C@@H](OC(C)=O)[C@@H]1OC(C)=O. The Morgan fingerprint density at radius 1 is 1.13 bits per heavy atom. The molecule has 1 unspecified atom stereocenters. The number of carbonyl (C=O) groups excluding carboxylic acids is 3. The molecule has 0 saturated carbocycles. The second kappa shape index (κ2) is 8.32. The number of rotatable bonds is 5. The number of carbonyl (C=O) groups is 3. The summed E-state index contributed by atoms with van der Waals surface area (Å²) < 4.78 is 20.0. The molecule has 11 nitrogen and oxygen atoms in total. The first-order chi connectivity index (χ1) is 10.8. The van der Waals surface area contributed by atoms with E-state index in [1.54, 1.807) is 0 Å². The number of azide groups is 1. The monoisotopic (exact) mass is 331 g/mol. The van der Waals surface area contributed by atoms with E-state index in [2.05, 4.69) is 10.0 Å². The maximum Gasteiger partial charge on any atom is 0.303 e. The van der Waals surface area contributed by atoms with E-state index in [4.69, 9.17) is 24.5 Å². The van der Waals surface area contributed by atoms with Crippen LogP contribution in [0.25, 0.3) is 10.4 Å². The van der Waals surface area contributed by atoms with Crippen LogP contribution in [-0.4, -0.2) is 60.3 Å². The molecule has 0 spiro atoms. The Morgan fingerprint density at radius 2 is 1.70 bits per heavy atom. The average Bonchev–Trinajstić information content (AvgIpc) is 2.42. The normalized spacial score (nSPS) is 29.8. The van der Waals surface area contributed by atoms with E-state index in [1.807, 2.05) is 0 Å². The van der Waals surface area contributed by atoms with Gasteiger partial charge < -0.3 is 24.1 Å². The van der Waals surface area contributed by atoms with Crippen molar-refractivity contribution in [2.24, 2.45) is 5.11 Å². The predicted octanol–water partition coefficient (Wildman–Crippen LogP) is -0.191. The van der Waals surface area contributed by atoms with E-state index < -0.39 is 48.6 Å². The van der Waals surface area contributed by atoms with Crippen LogP contribution in [0.5, 0.6) is 0 Å². The summed E-state index contributed by atoms with van der Waals surface area (Å²) in [6, 6.07) is -1.33. The second-order valence-electron chi connectivity index (χ2n) is 4.71. The molecule has 1 aliphatic rings. The molecule has 0 bridgehead atoms. The second-order valence-corrected chi connectivity index (χ2v) is 4.71. The number of aliphatic hydroxyl groups excluding tert-OH is 1. The molecule has 0 aliphatic carbocycles. The Labute approximate surface area is 131 Å². The van der Waals surface area contributed by atoms with E-state index in [0.717, 1.165) is 20.8 Å². The van der Waals surface area contributed by atoms with E-state index in [1.165, 1.54) is 0 Å².